The summed E-state index contributed by atoms with van der Waals surface area (Å²) >= 11 is 6.01. The number of nitrogens with two attached hydrogens (primary N) is 1. The Kier molecular flexibility index (Phi) is 3.35. The van der Waals surface area contributed by atoms with Gasteiger partial charge in [0.05, 0.1) is 24.0 Å². The second-order valence-corrected chi connectivity index (χ2v) is 3.86. The van der Waals surface area contributed by atoms with Gasteiger partial charge in [0.1, 0.15) is 11.6 Å². The molecule has 0 aliphatic carbocycles. The number of rotatable bonds is 3. The lowest BCUT2D eigenvalue weighted by molar-refractivity contribution is 0.415. The van der Waals surface area contributed by atoms with Crippen LogP contribution in [0, 0.1) is 0 Å². The first kappa shape index (κ1) is 11.5. The fourth-order valence-corrected chi connectivity index (χ4v) is 1.58. The van der Waals surface area contributed by atoms with Crippen molar-refractivity contribution in [2.24, 2.45) is 0 Å². The van der Waals surface area contributed by atoms with Crippen LogP contribution in [0.1, 0.15) is 0 Å². The van der Waals surface area contributed by atoms with Gasteiger partial charge in [-0.15, -0.1) is 0 Å². The molecule has 0 aliphatic heterocycles. The standard InChI is InChI=1S/C12H12ClN3O/c1-17-10-4-2-9(3-5-10)16-12-11(13)6-8(14)7-15-12/h2-7H,14H2,1H3,(H,15,16). The summed E-state index contributed by atoms with van der Waals surface area (Å²) in [6, 6.07) is 9.13. The van der Waals surface area contributed by atoms with Crippen LogP contribution in [0.3, 0.4) is 0 Å². The molecular formula is C12H12ClN3O. The van der Waals surface area contributed by atoms with Crippen molar-refractivity contribution < 1.29 is 4.74 Å². The van der Waals surface area contributed by atoms with E-state index in [0.717, 1.165) is 11.4 Å². The minimum absolute atomic E-state index is 0.487. The van der Waals surface area contributed by atoms with E-state index in [1.54, 1.807) is 19.4 Å². The van der Waals surface area contributed by atoms with E-state index in [-0.39, 0.29) is 0 Å². The fourth-order valence-electron chi connectivity index (χ4n) is 1.36. The van der Waals surface area contributed by atoms with E-state index in [2.05, 4.69) is 10.3 Å². The highest BCUT2D eigenvalue weighted by molar-refractivity contribution is 6.33. The first-order valence-corrected chi connectivity index (χ1v) is 5.39. The smallest absolute Gasteiger partial charge is 0.149 e. The van der Waals surface area contributed by atoms with Gasteiger partial charge in [-0.1, -0.05) is 11.6 Å². The summed E-state index contributed by atoms with van der Waals surface area (Å²) in [6.45, 7) is 0. The average Bonchev–Trinajstić information content (AvgIpc) is 2.34. The van der Waals surface area contributed by atoms with Gasteiger partial charge >= 0.3 is 0 Å². The van der Waals surface area contributed by atoms with Gasteiger partial charge in [0.25, 0.3) is 0 Å². The van der Waals surface area contributed by atoms with Gasteiger partial charge in [-0.2, -0.15) is 0 Å². The number of nitrogens with zero attached hydrogens (tertiary/aromatic N) is 1. The molecule has 3 N–H and O–H groups in total. The third kappa shape index (κ3) is 2.79. The Hall–Kier alpha value is -1.94. The van der Waals surface area contributed by atoms with Crippen molar-refractivity contribution in [3.63, 3.8) is 0 Å². The number of benzene rings is 1. The molecule has 0 fully saturated rings. The van der Waals surface area contributed by atoms with Gasteiger partial charge in [0.15, 0.2) is 0 Å². The number of hydrogen-bond acceptors (Lipinski definition) is 4. The second-order valence-electron chi connectivity index (χ2n) is 3.45. The lowest BCUT2D eigenvalue weighted by Gasteiger charge is -2.08. The van der Waals surface area contributed by atoms with Gasteiger partial charge in [-0.05, 0) is 30.3 Å². The molecule has 0 atom stereocenters. The summed E-state index contributed by atoms with van der Waals surface area (Å²) in [5.41, 5.74) is 6.98. The maximum Gasteiger partial charge on any atom is 0.149 e. The minimum Gasteiger partial charge on any atom is -0.497 e. The third-order valence-corrected chi connectivity index (χ3v) is 2.50. The van der Waals surface area contributed by atoms with Gasteiger partial charge in [-0.25, -0.2) is 4.98 Å². The highest BCUT2D eigenvalue weighted by Crippen LogP contribution is 2.25. The predicted octanol–water partition coefficient (Wildman–Crippen LogP) is 3.07. The molecule has 0 amide bonds. The van der Waals surface area contributed by atoms with Crippen LogP contribution in [-0.4, -0.2) is 12.1 Å². The Morgan fingerprint density at radius 1 is 1.29 bits per heavy atom. The van der Waals surface area contributed by atoms with Gasteiger partial charge < -0.3 is 15.8 Å². The molecule has 88 valence electrons. The Labute approximate surface area is 104 Å². The molecular weight excluding hydrogens is 238 g/mol. The molecule has 0 saturated carbocycles. The lowest BCUT2D eigenvalue weighted by atomic mass is 10.3. The van der Waals surface area contributed by atoms with Crippen LogP contribution in [0.4, 0.5) is 17.2 Å². The zero-order chi connectivity index (χ0) is 12.3. The monoisotopic (exact) mass is 249 g/mol. The van der Waals surface area contributed by atoms with E-state index in [0.29, 0.717) is 16.5 Å². The van der Waals surface area contributed by atoms with E-state index in [4.69, 9.17) is 22.1 Å². The minimum atomic E-state index is 0.487. The number of aromatic nitrogens is 1. The van der Waals surface area contributed by atoms with E-state index < -0.39 is 0 Å². The van der Waals surface area contributed by atoms with Crippen LogP contribution in [0.5, 0.6) is 5.75 Å². The molecule has 0 unspecified atom stereocenters. The van der Waals surface area contributed by atoms with Gasteiger partial charge in [-0.3, -0.25) is 0 Å². The van der Waals surface area contributed by atoms with Crippen molar-refractivity contribution in [2.75, 3.05) is 18.2 Å². The van der Waals surface area contributed by atoms with Crippen LogP contribution in [0.25, 0.3) is 0 Å². The molecule has 1 heterocycles. The van der Waals surface area contributed by atoms with Crippen molar-refractivity contribution in [2.45, 2.75) is 0 Å². The quantitative estimate of drug-likeness (QED) is 0.878. The largest absolute Gasteiger partial charge is 0.497 e. The molecule has 0 aliphatic rings. The zero-order valence-corrected chi connectivity index (χ0v) is 10.0. The Balaban J connectivity index is 2.19. The number of anilines is 3. The van der Waals surface area contributed by atoms with Crippen molar-refractivity contribution in [1.29, 1.82) is 0 Å². The van der Waals surface area contributed by atoms with E-state index in [1.807, 2.05) is 24.3 Å². The van der Waals surface area contributed by atoms with Crippen LogP contribution in [0.2, 0.25) is 5.02 Å². The second kappa shape index (κ2) is 4.93. The third-order valence-electron chi connectivity index (χ3n) is 2.22. The lowest BCUT2D eigenvalue weighted by Crippen LogP contribution is -1.96. The summed E-state index contributed by atoms with van der Waals surface area (Å²) in [5.74, 6) is 1.37. The Bertz CT molecular complexity index is 514. The summed E-state index contributed by atoms with van der Waals surface area (Å²) in [4.78, 5) is 4.12. The van der Waals surface area contributed by atoms with E-state index in [1.165, 1.54) is 0 Å². The molecule has 0 radical (unpaired) electrons. The first-order valence-electron chi connectivity index (χ1n) is 5.01. The van der Waals surface area contributed by atoms with Crippen molar-refractivity contribution in [1.82, 2.24) is 4.98 Å². The maximum absolute atomic E-state index is 6.01. The molecule has 1 aromatic heterocycles. The van der Waals surface area contributed by atoms with Crippen molar-refractivity contribution in [3.8, 4) is 5.75 Å². The molecule has 0 spiro atoms. The number of methoxy groups -OCH3 is 1. The SMILES string of the molecule is COc1ccc(Nc2ncc(N)cc2Cl)cc1. The van der Waals surface area contributed by atoms with Gasteiger partial charge in [0, 0.05) is 5.69 Å². The topological polar surface area (TPSA) is 60.2 Å². The fraction of sp³-hybridized carbons (Fsp3) is 0.0833. The number of nitrogen functional groups attached to an aromatic ring is 1. The number of nitrogens with one attached hydrogen (secondary N) is 1. The Morgan fingerprint density at radius 3 is 2.59 bits per heavy atom. The predicted molar refractivity (Wildman–Crippen MR) is 69.9 cm³/mol. The summed E-state index contributed by atoms with van der Waals surface area (Å²) < 4.78 is 5.07. The highest BCUT2D eigenvalue weighted by Gasteiger charge is 2.02. The molecule has 0 bridgehead atoms. The number of hydrogen-bond donors (Lipinski definition) is 2. The number of ether oxygens (including phenoxy) is 1. The molecule has 1 aromatic carbocycles. The van der Waals surface area contributed by atoms with Crippen LogP contribution >= 0.6 is 11.6 Å². The van der Waals surface area contributed by atoms with E-state index in [9.17, 15) is 0 Å². The van der Waals surface area contributed by atoms with Crippen molar-refractivity contribution in [3.05, 3.63) is 41.6 Å². The summed E-state index contributed by atoms with van der Waals surface area (Å²) in [5, 5.41) is 3.58. The summed E-state index contributed by atoms with van der Waals surface area (Å²) in [7, 11) is 1.63. The number of halogens is 1. The Morgan fingerprint density at radius 2 is 2.00 bits per heavy atom. The molecule has 4 nitrogen and oxygen atoms in total. The molecule has 0 saturated heterocycles. The zero-order valence-electron chi connectivity index (χ0n) is 9.27. The van der Waals surface area contributed by atoms with Gasteiger partial charge in [0.2, 0.25) is 0 Å². The highest BCUT2D eigenvalue weighted by atomic mass is 35.5. The average molecular weight is 250 g/mol. The number of pyridine rings is 1. The van der Waals surface area contributed by atoms with Crippen molar-refractivity contribution >= 4 is 28.8 Å². The molecule has 2 rings (SSSR count). The molecule has 5 heteroatoms. The van der Waals surface area contributed by atoms with Crippen LogP contribution < -0.4 is 15.8 Å². The molecule has 17 heavy (non-hydrogen) atoms. The van der Waals surface area contributed by atoms with Crippen LogP contribution in [-0.2, 0) is 0 Å². The normalized spacial score (nSPS) is 10.0. The summed E-state index contributed by atoms with van der Waals surface area (Å²) in [6.07, 6.45) is 1.55. The molecule has 2 aromatic rings. The van der Waals surface area contributed by atoms with Crippen LogP contribution in [0.15, 0.2) is 36.5 Å². The van der Waals surface area contributed by atoms with E-state index >= 15 is 0 Å². The first-order chi connectivity index (χ1) is 8.19. The maximum atomic E-state index is 6.01.